The van der Waals surface area contributed by atoms with Crippen molar-refractivity contribution in [3.05, 3.63) is 34.4 Å². The minimum atomic E-state index is -0.460. The molecule has 1 aromatic carbocycles. The van der Waals surface area contributed by atoms with Crippen LogP contribution in [-0.4, -0.2) is 37.8 Å². The van der Waals surface area contributed by atoms with Crippen LogP contribution in [0.5, 0.6) is 11.5 Å². The second kappa shape index (κ2) is 10.4. The third-order valence-corrected chi connectivity index (χ3v) is 6.50. The van der Waals surface area contributed by atoms with Gasteiger partial charge in [-0.1, -0.05) is 43.2 Å². The zero-order valence-corrected chi connectivity index (χ0v) is 18.1. The lowest BCUT2D eigenvalue weighted by Crippen LogP contribution is -2.38. The molecular formula is C22H27N3O4S. The fourth-order valence-corrected chi connectivity index (χ4v) is 4.93. The molecule has 1 saturated carbocycles. The highest BCUT2D eigenvalue weighted by Gasteiger charge is 2.32. The molecule has 30 heavy (non-hydrogen) atoms. The lowest BCUT2D eigenvalue weighted by Gasteiger charge is -2.27. The maximum atomic E-state index is 12.4. The Morgan fingerprint density at radius 3 is 2.70 bits per heavy atom. The van der Waals surface area contributed by atoms with E-state index in [1.54, 1.807) is 13.2 Å². The first-order valence-electron chi connectivity index (χ1n) is 10.1. The molecule has 160 valence electrons. The Balaban J connectivity index is 1.79. The van der Waals surface area contributed by atoms with Crippen LogP contribution in [0.3, 0.4) is 0 Å². The zero-order valence-electron chi connectivity index (χ0n) is 17.3. The fraction of sp³-hybridized carbons (Fsp3) is 0.500. The van der Waals surface area contributed by atoms with Crippen LogP contribution in [0.2, 0.25) is 0 Å². The number of carbonyl (C=O) groups is 2. The molecule has 0 aromatic heterocycles. The summed E-state index contributed by atoms with van der Waals surface area (Å²) in [6.45, 7) is 0. The van der Waals surface area contributed by atoms with Crippen molar-refractivity contribution in [1.82, 2.24) is 10.6 Å². The summed E-state index contributed by atoms with van der Waals surface area (Å²) in [5.41, 5.74) is 1.14. The highest BCUT2D eigenvalue weighted by molar-refractivity contribution is 8.03. The van der Waals surface area contributed by atoms with Gasteiger partial charge >= 0.3 is 0 Å². The van der Waals surface area contributed by atoms with E-state index in [2.05, 4.69) is 16.7 Å². The Kier molecular flexibility index (Phi) is 7.63. The van der Waals surface area contributed by atoms with Crippen molar-refractivity contribution in [2.24, 2.45) is 0 Å². The minimum absolute atomic E-state index is 0.0768. The van der Waals surface area contributed by atoms with Gasteiger partial charge in [0.25, 0.3) is 0 Å². The van der Waals surface area contributed by atoms with Gasteiger partial charge < -0.3 is 20.1 Å². The number of nitriles is 1. The molecule has 0 saturated heterocycles. The van der Waals surface area contributed by atoms with Gasteiger partial charge in [0.2, 0.25) is 11.8 Å². The quantitative estimate of drug-likeness (QED) is 0.690. The normalized spacial score (nSPS) is 19.6. The van der Waals surface area contributed by atoms with Crippen LogP contribution in [0.25, 0.3) is 0 Å². The third-order valence-electron chi connectivity index (χ3n) is 5.48. The van der Waals surface area contributed by atoms with Crippen molar-refractivity contribution in [1.29, 1.82) is 5.26 Å². The topological polar surface area (TPSA) is 100 Å². The predicted molar refractivity (Wildman–Crippen MR) is 115 cm³/mol. The number of hydrogen-bond acceptors (Lipinski definition) is 6. The maximum absolute atomic E-state index is 12.4. The van der Waals surface area contributed by atoms with Gasteiger partial charge in [0.1, 0.15) is 0 Å². The molecule has 2 amide bonds. The lowest BCUT2D eigenvalue weighted by molar-refractivity contribution is -0.121. The molecule has 1 heterocycles. The van der Waals surface area contributed by atoms with Gasteiger partial charge in [-0.2, -0.15) is 5.26 Å². The summed E-state index contributed by atoms with van der Waals surface area (Å²) in [5, 5.41) is 16.1. The first-order chi connectivity index (χ1) is 14.6. The molecule has 0 radical (unpaired) electrons. The summed E-state index contributed by atoms with van der Waals surface area (Å²) >= 11 is 1.19. The molecule has 1 aliphatic heterocycles. The van der Waals surface area contributed by atoms with E-state index in [1.807, 2.05) is 12.1 Å². The highest BCUT2D eigenvalue weighted by atomic mass is 32.2. The Bertz CT molecular complexity index is 872. The molecule has 0 spiro atoms. The van der Waals surface area contributed by atoms with Crippen LogP contribution < -0.4 is 20.1 Å². The van der Waals surface area contributed by atoms with Crippen LogP contribution in [0.15, 0.2) is 28.8 Å². The number of allylic oxidation sites excluding steroid dienone is 1. The Morgan fingerprint density at radius 1 is 1.27 bits per heavy atom. The molecule has 1 unspecified atom stereocenters. The van der Waals surface area contributed by atoms with Crippen LogP contribution >= 0.6 is 11.8 Å². The van der Waals surface area contributed by atoms with Crippen LogP contribution in [0, 0.1) is 11.3 Å². The van der Waals surface area contributed by atoms with Crippen LogP contribution in [-0.2, 0) is 9.59 Å². The van der Waals surface area contributed by atoms with Crippen molar-refractivity contribution in [2.75, 3.05) is 20.0 Å². The van der Waals surface area contributed by atoms with Gasteiger partial charge in [0.15, 0.2) is 11.5 Å². The average molecular weight is 430 g/mol. The van der Waals surface area contributed by atoms with E-state index in [-0.39, 0.29) is 30.0 Å². The smallest absolute Gasteiger partial charge is 0.230 e. The zero-order chi connectivity index (χ0) is 21.5. The molecular weight excluding hydrogens is 402 g/mol. The van der Waals surface area contributed by atoms with E-state index in [0.29, 0.717) is 27.7 Å². The maximum Gasteiger partial charge on any atom is 0.230 e. The highest BCUT2D eigenvalue weighted by Crippen LogP contribution is 2.43. The molecule has 7 nitrogen and oxygen atoms in total. The number of ether oxygens (including phenoxy) is 2. The second-order valence-electron chi connectivity index (χ2n) is 7.43. The number of thioether (sulfide) groups is 1. The van der Waals surface area contributed by atoms with E-state index >= 15 is 0 Å². The van der Waals surface area contributed by atoms with Crippen molar-refractivity contribution in [3.8, 4) is 17.6 Å². The third kappa shape index (κ3) is 5.08. The number of para-hydroxylation sites is 1. The number of amides is 2. The Labute approximate surface area is 181 Å². The van der Waals surface area contributed by atoms with Crippen molar-refractivity contribution < 1.29 is 19.1 Å². The Hall–Kier alpha value is -2.66. The number of nitrogens with zero attached hydrogens (tertiary/aromatic N) is 1. The van der Waals surface area contributed by atoms with E-state index in [1.165, 1.54) is 25.3 Å². The van der Waals surface area contributed by atoms with E-state index in [9.17, 15) is 14.9 Å². The molecule has 1 aliphatic carbocycles. The standard InChI is InChI=1S/C22H27N3O4S/c1-28-18-10-6-9-15(21(18)29-2)16-11-19(26)25-22(17(16)12-23)30-13-20(27)24-14-7-4-3-5-8-14/h6,9-10,14,16H,3-5,7-8,11,13H2,1-2H3,(H,24,27)(H,25,26). The molecule has 1 atom stereocenters. The summed E-state index contributed by atoms with van der Waals surface area (Å²) in [6.07, 6.45) is 5.66. The molecule has 0 bridgehead atoms. The number of benzene rings is 1. The van der Waals surface area contributed by atoms with E-state index in [0.717, 1.165) is 25.7 Å². The molecule has 2 aliphatic rings. The van der Waals surface area contributed by atoms with Gasteiger partial charge in [-0.15, -0.1) is 0 Å². The largest absolute Gasteiger partial charge is 0.493 e. The van der Waals surface area contributed by atoms with Crippen molar-refractivity contribution >= 4 is 23.6 Å². The summed E-state index contributed by atoms with van der Waals surface area (Å²) < 4.78 is 10.9. The number of rotatable bonds is 7. The van der Waals surface area contributed by atoms with Crippen LogP contribution in [0.1, 0.15) is 50.0 Å². The summed E-state index contributed by atoms with van der Waals surface area (Å²) in [7, 11) is 3.08. The van der Waals surface area contributed by atoms with Crippen molar-refractivity contribution in [2.45, 2.75) is 50.5 Å². The second-order valence-corrected chi connectivity index (χ2v) is 8.42. The molecule has 1 aromatic rings. The number of methoxy groups -OCH3 is 2. The average Bonchev–Trinajstić information content (AvgIpc) is 2.77. The van der Waals surface area contributed by atoms with Gasteiger partial charge in [-0.05, 0) is 18.9 Å². The lowest BCUT2D eigenvalue weighted by atomic mass is 9.86. The molecule has 3 rings (SSSR count). The summed E-state index contributed by atoms with van der Waals surface area (Å²) in [4.78, 5) is 24.8. The first kappa shape index (κ1) is 22.0. The summed E-state index contributed by atoms with van der Waals surface area (Å²) in [6, 6.07) is 7.87. The molecule has 8 heteroatoms. The van der Waals surface area contributed by atoms with E-state index in [4.69, 9.17) is 9.47 Å². The molecule has 1 fully saturated rings. The monoisotopic (exact) mass is 429 g/mol. The van der Waals surface area contributed by atoms with Gasteiger partial charge in [-0.3, -0.25) is 9.59 Å². The first-order valence-corrected chi connectivity index (χ1v) is 11.1. The predicted octanol–water partition coefficient (Wildman–Crippen LogP) is 3.22. The van der Waals surface area contributed by atoms with Gasteiger partial charge in [0.05, 0.1) is 36.6 Å². The summed E-state index contributed by atoms with van der Waals surface area (Å²) in [5.74, 6) is 0.467. The number of carbonyl (C=O) groups excluding carboxylic acids is 2. The number of nitrogens with one attached hydrogen (secondary N) is 2. The fourth-order valence-electron chi connectivity index (χ4n) is 4.04. The van der Waals surface area contributed by atoms with Crippen LogP contribution in [0.4, 0.5) is 0 Å². The van der Waals surface area contributed by atoms with Crippen molar-refractivity contribution in [3.63, 3.8) is 0 Å². The SMILES string of the molecule is COc1cccc(C2CC(=O)NC(SCC(=O)NC3CCCCC3)=C2C#N)c1OC. The number of hydrogen-bond donors (Lipinski definition) is 2. The Morgan fingerprint density at radius 2 is 2.03 bits per heavy atom. The molecule has 2 N–H and O–H groups in total. The van der Waals surface area contributed by atoms with Gasteiger partial charge in [-0.25, -0.2) is 0 Å². The van der Waals surface area contributed by atoms with E-state index < -0.39 is 5.92 Å². The van der Waals surface area contributed by atoms with Gasteiger partial charge in [0, 0.05) is 23.9 Å². The minimum Gasteiger partial charge on any atom is -0.493 e.